The van der Waals surface area contributed by atoms with Crippen molar-refractivity contribution in [2.45, 2.75) is 11.9 Å². The first-order valence-electron chi connectivity index (χ1n) is 7.79. The van der Waals surface area contributed by atoms with Gasteiger partial charge < -0.3 is 9.47 Å². The zero-order valence-electron chi connectivity index (χ0n) is 12.9. The molecule has 0 bridgehead atoms. The van der Waals surface area contributed by atoms with Gasteiger partial charge in [-0.1, -0.05) is 35.9 Å². The number of carbonyl (C=O) groups excluding carboxylic acids is 1. The van der Waals surface area contributed by atoms with Gasteiger partial charge in [0.25, 0.3) is 0 Å². The Bertz CT molecular complexity index is 895. The van der Waals surface area contributed by atoms with Gasteiger partial charge in [-0.3, -0.25) is 4.79 Å². The molecule has 24 heavy (non-hydrogen) atoms. The molecule has 6 heteroatoms. The van der Waals surface area contributed by atoms with E-state index in [2.05, 4.69) is 4.98 Å². The molecule has 4 rings (SSSR count). The van der Waals surface area contributed by atoms with E-state index in [0.29, 0.717) is 11.6 Å². The van der Waals surface area contributed by atoms with Gasteiger partial charge in [-0.05, 0) is 29.8 Å². The summed E-state index contributed by atoms with van der Waals surface area (Å²) < 4.78 is 1.91. The fourth-order valence-corrected chi connectivity index (χ4v) is 4.50. The Labute approximate surface area is 149 Å². The van der Waals surface area contributed by atoms with Gasteiger partial charge in [-0.25, -0.2) is 4.98 Å². The molecule has 1 aromatic heterocycles. The Morgan fingerprint density at radius 1 is 1.25 bits per heavy atom. The monoisotopic (exact) mass is 357 g/mol. The highest BCUT2D eigenvalue weighted by Crippen LogP contribution is 2.38. The number of nitrogens with zero attached hydrogens (tertiary/aromatic N) is 3. The van der Waals surface area contributed by atoms with E-state index in [1.165, 1.54) is 0 Å². The maximum Gasteiger partial charge on any atom is 0.243 e. The molecular formula is C18H16ClN3OS. The van der Waals surface area contributed by atoms with Gasteiger partial charge in [0.15, 0.2) is 0 Å². The minimum absolute atomic E-state index is 0.0333. The lowest BCUT2D eigenvalue weighted by molar-refractivity contribution is -0.131. The predicted octanol–water partition coefficient (Wildman–Crippen LogP) is 3.96. The van der Waals surface area contributed by atoms with Crippen LogP contribution in [0.1, 0.15) is 10.9 Å². The molecule has 2 aromatic carbocycles. The highest BCUT2D eigenvalue weighted by atomic mass is 35.5. The number of amides is 1. The van der Waals surface area contributed by atoms with E-state index in [9.17, 15) is 4.79 Å². The Balaban J connectivity index is 1.57. The third-order valence-electron chi connectivity index (χ3n) is 4.18. The van der Waals surface area contributed by atoms with Gasteiger partial charge in [0, 0.05) is 17.3 Å². The quantitative estimate of drug-likeness (QED) is 0.712. The first-order chi connectivity index (χ1) is 11.7. The molecule has 1 amide bonds. The van der Waals surface area contributed by atoms with Crippen LogP contribution in [0.25, 0.3) is 11.0 Å². The van der Waals surface area contributed by atoms with E-state index in [0.717, 1.165) is 28.9 Å². The highest BCUT2D eigenvalue weighted by Gasteiger charge is 2.30. The van der Waals surface area contributed by atoms with Crippen LogP contribution in [-0.4, -0.2) is 32.7 Å². The first kappa shape index (κ1) is 15.5. The molecule has 0 spiro atoms. The molecule has 3 aromatic rings. The molecule has 0 N–H and O–H groups in total. The molecular weight excluding hydrogens is 342 g/mol. The second kappa shape index (κ2) is 6.49. The van der Waals surface area contributed by atoms with Crippen molar-refractivity contribution in [1.29, 1.82) is 0 Å². The Kier molecular flexibility index (Phi) is 4.21. The summed E-state index contributed by atoms with van der Waals surface area (Å²) in [6.07, 6.45) is 1.74. The van der Waals surface area contributed by atoms with E-state index >= 15 is 0 Å². The third kappa shape index (κ3) is 2.89. The van der Waals surface area contributed by atoms with Gasteiger partial charge >= 0.3 is 0 Å². The lowest BCUT2D eigenvalue weighted by Gasteiger charge is -2.24. The van der Waals surface area contributed by atoms with Gasteiger partial charge in [-0.15, -0.1) is 11.8 Å². The van der Waals surface area contributed by atoms with E-state index in [4.69, 9.17) is 11.6 Å². The number of aromatic nitrogens is 2. The van der Waals surface area contributed by atoms with Crippen LogP contribution in [-0.2, 0) is 11.3 Å². The number of imidazole rings is 1. The number of halogens is 1. The van der Waals surface area contributed by atoms with Crippen LogP contribution >= 0.6 is 23.4 Å². The molecule has 1 fully saturated rings. The van der Waals surface area contributed by atoms with Crippen molar-refractivity contribution in [2.75, 3.05) is 12.3 Å². The lowest BCUT2D eigenvalue weighted by Crippen LogP contribution is -2.33. The van der Waals surface area contributed by atoms with Gasteiger partial charge in [0.2, 0.25) is 5.91 Å². The second-order valence-electron chi connectivity index (χ2n) is 5.73. The molecule has 0 radical (unpaired) electrons. The minimum atomic E-state index is 0.0333. The molecule has 1 aliphatic rings. The van der Waals surface area contributed by atoms with E-state index in [1.807, 2.05) is 58.0 Å². The zero-order chi connectivity index (χ0) is 16.5. The van der Waals surface area contributed by atoms with Crippen molar-refractivity contribution in [1.82, 2.24) is 14.5 Å². The molecule has 1 aliphatic heterocycles. The number of hydrogen-bond donors (Lipinski definition) is 0. The fraction of sp³-hybridized carbons (Fsp3) is 0.222. The molecule has 1 atom stereocenters. The Morgan fingerprint density at radius 3 is 3.00 bits per heavy atom. The van der Waals surface area contributed by atoms with Crippen molar-refractivity contribution in [3.63, 3.8) is 0 Å². The smallest absolute Gasteiger partial charge is 0.243 e. The SMILES string of the molecule is O=C(Cn1cnc2ccccc21)N1CCSC1c1cccc(Cl)c1. The first-order valence-corrected chi connectivity index (χ1v) is 9.21. The Morgan fingerprint density at radius 2 is 2.12 bits per heavy atom. The number of fused-ring (bicyclic) bond motifs is 1. The summed E-state index contributed by atoms with van der Waals surface area (Å²) in [6.45, 7) is 1.06. The number of para-hydroxylation sites is 2. The maximum atomic E-state index is 12.9. The largest absolute Gasteiger partial charge is 0.324 e. The highest BCUT2D eigenvalue weighted by molar-refractivity contribution is 7.99. The minimum Gasteiger partial charge on any atom is -0.324 e. The van der Waals surface area contributed by atoms with E-state index < -0.39 is 0 Å². The molecule has 0 aliphatic carbocycles. The van der Waals surface area contributed by atoms with Crippen LogP contribution in [0.3, 0.4) is 0 Å². The summed E-state index contributed by atoms with van der Waals surface area (Å²) in [4.78, 5) is 19.1. The van der Waals surface area contributed by atoms with Crippen molar-refractivity contribution >= 4 is 40.3 Å². The van der Waals surface area contributed by atoms with Crippen LogP contribution in [0.2, 0.25) is 5.02 Å². The summed E-state index contributed by atoms with van der Waals surface area (Å²) in [5.74, 6) is 1.04. The second-order valence-corrected chi connectivity index (χ2v) is 7.35. The third-order valence-corrected chi connectivity index (χ3v) is 5.67. The van der Waals surface area contributed by atoms with Crippen LogP contribution in [0.4, 0.5) is 0 Å². The van der Waals surface area contributed by atoms with Gasteiger partial charge in [0.05, 0.1) is 17.4 Å². The molecule has 0 saturated carbocycles. The van der Waals surface area contributed by atoms with Crippen molar-refractivity contribution < 1.29 is 4.79 Å². The lowest BCUT2D eigenvalue weighted by atomic mass is 10.2. The number of hydrogen-bond acceptors (Lipinski definition) is 3. The fourth-order valence-electron chi connectivity index (χ4n) is 3.03. The molecule has 1 unspecified atom stereocenters. The van der Waals surface area contributed by atoms with Crippen LogP contribution < -0.4 is 0 Å². The number of rotatable bonds is 3. The van der Waals surface area contributed by atoms with E-state index in [-0.39, 0.29) is 11.3 Å². The summed E-state index contributed by atoms with van der Waals surface area (Å²) in [6, 6.07) is 15.6. The van der Waals surface area contributed by atoms with Gasteiger partial charge in [-0.2, -0.15) is 0 Å². The van der Waals surface area contributed by atoms with Crippen LogP contribution in [0.5, 0.6) is 0 Å². The zero-order valence-corrected chi connectivity index (χ0v) is 14.5. The average molecular weight is 358 g/mol. The molecule has 122 valence electrons. The van der Waals surface area contributed by atoms with Crippen LogP contribution in [0, 0.1) is 0 Å². The maximum absolute atomic E-state index is 12.9. The normalized spacial score (nSPS) is 17.5. The molecule has 2 heterocycles. The summed E-state index contributed by atoms with van der Waals surface area (Å²) in [7, 11) is 0. The number of carbonyl (C=O) groups is 1. The number of benzene rings is 2. The predicted molar refractivity (Wildman–Crippen MR) is 98.1 cm³/mol. The summed E-state index contributed by atoms with van der Waals surface area (Å²) in [5.41, 5.74) is 2.97. The van der Waals surface area contributed by atoms with Crippen molar-refractivity contribution in [3.05, 3.63) is 65.4 Å². The van der Waals surface area contributed by atoms with Crippen molar-refractivity contribution in [3.8, 4) is 0 Å². The summed E-state index contributed by atoms with van der Waals surface area (Å²) in [5, 5.41) is 0.735. The Hall–Kier alpha value is -1.98. The van der Waals surface area contributed by atoms with Gasteiger partial charge in [0.1, 0.15) is 11.9 Å². The number of thioether (sulfide) groups is 1. The standard InChI is InChI=1S/C18H16ClN3OS/c19-14-5-3-4-13(10-14)18-22(8-9-24-18)17(23)11-21-12-20-15-6-1-2-7-16(15)21/h1-7,10,12,18H,8-9,11H2. The van der Waals surface area contributed by atoms with E-state index in [1.54, 1.807) is 18.1 Å². The van der Waals surface area contributed by atoms with Crippen molar-refractivity contribution in [2.24, 2.45) is 0 Å². The summed E-state index contributed by atoms with van der Waals surface area (Å²) >= 11 is 7.88. The molecule has 4 nitrogen and oxygen atoms in total. The van der Waals surface area contributed by atoms with Crippen LogP contribution in [0.15, 0.2) is 54.9 Å². The topological polar surface area (TPSA) is 38.1 Å². The average Bonchev–Trinajstić information content (AvgIpc) is 3.22. The molecule has 1 saturated heterocycles.